The van der Waals surface area contributed by atoms with Crippen LogP contribution in [0.15, 0.2) is 52.8 Å². The van der Waals surface area contributed by atoms with Gasteiger partial charge >= 0.3 is 0 Å². The second-order valence-corrected chi connectivity index (χ2v) is 8.19. The summed E-state index contributed by atoms with van der Waals surface area (Å²) in [5.41, 5.74) is 11.5. The molecule has 2 N–H and O–H groups in total. The van der Waals surface area contributed by atoms with Crippen molar-refractivity contribution in [3.8, 4) is 22.4 Å². The van der Waals surface area contributed by atoms with E-state index in [1.54, 1.807) is 36.8 Å². The maximum atomic E-state index is 13.6. The molecule has 0 amide bonds. The molecule has 178 valence electrons. The van der Waals surface area contributed by atoms with Crippen LogP contribution in [-0.2, 0) is 6.54 Å². The third kappa shape index (κ3) is 5.22. The fourth-order valence-electron chi connectivity index (χ4n) is 3.66. The summed E-state index contributed by atoms with van der Waals surface area (Å²) in [6.07, 6.45) is 3.82. The molecule has 3 heterocycles. The SMILES string of the molecule is CCNc1ncc2cc(-c3ccc(-c4cncc(C)n4)cc3Cl)c(=O)n(CC(O)CN=[N+]=[N-])c2n1. The van der Waals surface area contributed by atoms with Crippen LogP contribution in [-0.4, -0.2) is 48.8 Å². The van der Waals surface area contributed by atoms with E-state index < -0.39 is 11.7 Å². The van der Waals surface area contributed by atoms with Gasteiger partial charge in [-0.05, 0) is 31.5 Å². The Morgan fingerprint density at radius 1 is 1.23 bits per heavy atom. The summed E-state index contributed by atoms with van der Waals surface area (Å²) in [6.45, 7) is 4.04. The van der Waals surface area contributed by atoms with E-state index in [4.69, 9.17) is 17.1 Å². The standard InChI is InChI=1S/C23H22ClN9O2/c1-3-27-23-28-9-15-6-18(22(35)33(21(15)31-23)12-16(34)10-29-32-25)17-5-4-14(7-19(17)24)20-11-26-8-13(2)30-20/h4-9,11,16,34H,3,10,12H2,1-2H3,(H,27,28,31). The third-order valence-corrected chi connectivity index (χ3v) is 5.53. The number of rotatable bonds is 8. The summed E-state index contributed by atoms with van der Waals surface area (Å²) < 4.78 is 1.35. The van der Waals surface area contributed by atoms with Crippen LogP contribution >= 0.6 is 11.6 Å². The number of aryl methyl sites for hydroxylation is 1. The van der Waals surface area contributed by atoms with E-state index in [9.17, 15) is 9.90 Å². The van der Waals surface area contributed by atoms with Gasteiger partial charge in [-0.2, -0.15) is 4.98 Å². The molecule has 0 saturated carbocycles. The number of nitrogens with one attached hydrogen (secondary N) is 1. The number of azide groups is 1. The molecule has 4 rings (SSSR count). The molecule has 1 aromatic carbocycles. The van der Waals surface area contributed by atoms with Gasteiger partial charge in [-0.3, -0.25) is 14.3 Å². The van der Waals surface area contributed by atoms with Crippen LogP contribution in [0, 0.1) is 6.92 Å². The van der Waals surface area contributed by atoms with Crippen LogP contribution < -0.4 is 10.9 Å². The van der Waals surface area contributed by atoms with Gasteiger partial charge in [0.25, 0.3) is 5.56 Å². The summed E-state index contributed by atoms with van der Waals surface area (Å²) in [6, 6.07) is 6.98. The number of aromatic nitrogens is 5. The minimum absolute atomic E-state index is 0.126. The zero-order chi connectivity index (χ0) is 24.9. The van der Waals surface area contributed by atoms with Crippen molar-refractivity contribution in [3.63, 3.8) is 0 Å². The molecule has 35 heavy (non-hydrogen) atoms. The van der Waals surface area contributed by atoms with Gasteiger partial charge < -0.3 is 10.4 Å². The van der Waals surface area contributed by atoms with Crippen molar-refractivity contribution in [1.82, 2.24) is 24.5 Å². The number of pyridine rings is 1. The van der Waals surface area contributed by atoms with E-state index in [1.807, 2.05) is 19.9 Å². The molecule has 0 aliphatic carbocycles. The van der Waals surface area contributed by atoms with E-state index in [-0.39, 0.29) is 13.1 Å². The number of benzene rings is 1. The topological polar surface area (TPSA) is 155 Å². The van der Waals surface area contributed by atoms with Crippen molar-refractivity contribution in [2.45, 2.75) is 26.5 Å². The lowest BCUT2D eigenvalue weighted by atomic mass is 10.0. The largest absolute Gasteiger partial charge is 0.391 e. The van der Waals surface area contributed by atoms with Crippen LogP contribution in [0.3, 0.4) is 0 Å². The summed E-state index contributed by atoms with van der Waals surface area (Å²) >= 11 is 6.63. The number of nitrogens with zero attached hydrogens (tertiary/aromatic N) is 8. The van der Waals surface area contributed by atoms with Gasteiger partial charge in [-0.1, -0.05) is 28.8 Å². The molecular formula is C23H22ClN9O2. The summed E-state index contributed by atoms with van der Waals surface area (Å²) in [5.74, 6) is 0.354. The molecule has 0 aliphatic rings. The molecule has 0 bridgehead atoms. The summed E-state index contributed by atoms with van der Waals surface area (Å²) in [4.78, 5) is 33.7. The number of anilines is 1. The second kappa shape index (κ2) is 10.5. The first-order chi connectivity index (χ1) is 16.9. The third-order valence-electron chi connectivity index (χ3n) is 5.22. The highest BCUT2D eigenvalue weighted by Crippen LogP contribution is 2.31. The van der Waals surface area contributed by atoms with Crippen molar-refractivity contribution in [2.75, 3.05) is 18.4 Å². The highest BCUT2D eigenvalue weighted by Gasteiger charge is 2.18. The first-order valence-corrected chi connectivity index (χ1v) is 11.2. The first-order valence-electron chi connectivity index (χ1n) is 10.8. The number of aliphatic hydroxyl groups is 1. The average Bonchev–Trinajstić information content (AvgIpc) is 2.85. The molecule has 0 aliphatic heterocycles. The monoisotopic (exact) mass is 491 g/mol. The van der Waals surface area contributed by atoms with E-state index in [1.165, 1.54) is 4.57 Å². The molecule has 0 fully saturated rings. The van der Waals surface area contributed by atoms with Crippen LogP contribution in [0.5, 0.6) is 0 Å². The van der Waals surface area contributed by atoms with Crippen molar-refractivity contribution in [2.24, 2.45) is 5.11 Å². The molecule has 0 spiro atoms. The minimum Gasteiger partial charge on any atom is -0.391 e. The molecule has 12 heteroatoms. The Labute approximate surface area is 205 Å². The van der Waals surface area contributed by atoms with E-state index in [0.29, 0.717) is 45.4 Å². The molecule has 4 aromatic rings. The highest BCUT2D eigenvalue weighted by atomic mass is 35.5. The Bertz CT molecular complexity index is 1500. The van der Waals surface area contributed by atoms with E-state index in [2.05, 4.69) is 35.3 Å². The van der Waals surface area contributed by atoms with Gasteiger partial charge in [0.05, 0.1) is 36.8 Å². The highest BCUT2D eigenvalue weighted by molar-refractivity contribution is 6.33. The van der Waals surface area contributed by atoms with Gasteiger partial charge in [-0.15, -0.1) is 0 Å². The normalized spacial score (nSPS) is 11.8. The zero-order valence-corrected chi connectivity index (χ0v) is 19.8. The summed E-state index contributed by atoms with van der Waals surface area (Å²) in [7, 11) is 0. The van der Waals surface area contributed by atoms with Gasteiger partial charge in [0.2, 0.25) is 5.95 Å². The molecular weight excluding hydrogens is 470 g/mol. The average molecular weight is 492 g/mol. The fourth-order valence-corrected chi connectivity index (χ4v) is 3.94. The van der Waals surface area contributed by atoms with E-state index >= 15 is 0 Å². The van der Waals surface area contributed by atoms with Crippen LogP contribution in [0.2, 0.25) is 5.02 Å². The lowest BCUT2D eigenvalue weighted by Gasteiger charge is -2.16. The number of fused-ring (bicyclic) bond motifs is 1. The second-order valence-electron chi connectivity index (χ2n) is 7.78. The Morgan fingerprint density at radius 3 is 2.77 bits per heavy atom. The number of hydrogen-bond acceptors (Lipinski definition) is 8. The Balaban J connectivity index is 1.86. The van der Waals surface area contributed by atoms with Crippen molar-refractivity contribution < 1.29 is 5.11 Å². The lowest BCUT2D eigenvalue weighted by molar-refractivity contribution is 0.162. The first kappa shape index (κ1) is 24.1. The van der Waals surface area contributed by atoms with Gasteiger partial charge in [0.1, 0.15) is 5.65 Å². The van der Waals surface area contributed by atoms with Gasteiger partial charge in [0, 0.05) is 50.9 Å². The smallest absolute Gasteiger partial charge is 0.260 e. The van der Waals surface area contributed by atoms with Crippen molar-refractivity contribution >= 4 is 28.6 Å². The van der Waals surface area contributed by atoms with Crippen LogP contribution in [0.25, 0.3) is 43.9 Å². The van der Waals surface area contributed by atoms with E-state index in [0.717, 1.165) is 11.3 Å². The molecule has 1 atom stereocenters. The lowest BCUT2D eigenvalue weighted by Crippen LogP contribution is -2.30. The quantitative estimate of drug-likeness (QED) is 0.214. The Morgan fingerprint density at radius 2 is 2.06 bits per heavy atom. The van der Waals surface area contributed by atoms with Gasteiger partial charge in [-0.25, -0.2) is 9.97 Å². The molecule has 0 radical (unpaired) electrons. The fraction of sp³-hybridized carbons (Fsp3) is 0.261. The minimum atomic E-state index is -1.09. The molecule has 1 unspecified atom stereocenters. The van der Waals surface area contributed by atoms with Gasteiger partial charge in [0.15, 0.2) is 0 Å². The molecule has 3 aromatic heterocycles. The van der Waals surface area contributed by atoms with Crippen molar-refractivity contribution in [3.05, 3.63) is 74.4 Å². The Kier molecular flexibility index (Phi) is 7.21. The number of hydrogen-bond donors (Lipinski definition) is 2. The van der Waals surface area contributed by atoms with Crippen LogP contribution in [0.1, 0.15) is 12.6 Å². The van der Waals surface area contributed by atoms with Crippen molar-refractivity contribution in [1.29, 1.82) is 0 Å². The number of aliphatic hydroxyl groups excluding tert-OH is 1. The van der Waals surface area contributed by atoms with Crippen LogP contribution in [0.4, 0.5) is 5.95 Å². The number of halogens is 1. The predicted octanol–water partition coefficient (Wildman–Crippen LogP) is 3.98. The molecule has 0 saturated heterocycles. The maximum Gasteiger partial charge on any atom is 0.260 e. The predicted molar refractivity (Wildman–Crippen MR) is 134 cm³/mol. The zero-order valence-electron chi connectivity index (χ0n) is 19.1. The molecule has 11 nitrogen and oxygen atoms in total. The maximum absolute atomic E-state index is 13.6. The Hall–Kier alpha value is -4.05. The summed E-state index contributed by atoms with van der Waals surface area (Å²) in [5, 5.41) is 17.7.